The highest BCUT2D eigenvalue weighted by Crippen LogP contribution is 2.88. The summed E-state index contributed by atoms with van der Waals surface area (Å²) in [5.74, 6) is 2.31. The Balaban J connectivity index is 1.05. The number of benzene rings is 2. The van der Waals surface area contributed by atoms with E-state index in [0.29, 0.717) is 39.7 Å². The maximum Gasteiger partial charge on any atom is 0.145 e. The lowest BCUT2D eigenvalue weighted by atomic mass is 9.30. The highest BCUT2D eigenvalue weighted by molar-refractivity contribution is 7.18. The van der Waals surface area contributed by atoms with E-state index < -0.39 is 5.60 Å². The number of para-hydroxylation sites is 1. The quantitative estimate of drug-likeness (QED) is 0.259. The Morgan fingerprint density at radius 2 is 1.84 bits per heavy atom. The third kappa shape index (κ3) is 2.62. The fraction of sp³-hybridized carbons (Fsp3) is 0.467. The molecule has 38 heavy (non-hydrogen) atoms. The van der Waals surface area contributed by atoms with Gasteiger partial charge < -0.3 is 14.4 Å². The average molecular weight is 566 g/mol. The fourth-order valence-corrected chi connectivity index (χ4v) is 10.8. The van der Waals surface area contributed by atoms with Crippen molar-refractivity contribution in [3.8, 4) is 11.3 Å². The molecule has 194 valence electrons. The molecule has 0 amide bonds. The second kappa shape index (κ2) is 7.41. The molecule has 0 saturated heterocycles. The number of ether oxygens (including phenoxy) is 1. The van der Waals surface area contributed by atoms with Gasteiger partial charge in [0, 0.05) is 34.3 Å². The van der Waals surface area contributed by atoms with Gasteiger partial charge in [0.2, 0.25) is 0 Å². The molecule has 1 spiro atoms. The molecule has 4 aromatic rings. The topological polar surface area (TPSA) is 68.4 Å². The minimum atomic E-state index is -0.835. The fourth-order valence-electron chi connectivity index (χ4n) is 9.04. The number of rotatable bonds is 6. The highest BCUT2D eigenvalue weighted by Gasteiger charge is 2.90. The predicted octanol–water partition coefficient (Wildman–Crippen LogP) is 7.73. The summed E-state index contributed by atoms with van der Waals surface area (Å²) in [5.41, 5.74) is 2.39. The van der Waals surface area contributed by atoms with Crippen molar-refractivity contribution in [2.75, 3.05) is 0 Å². The van der Waals surface area contributed by atoms with E-state index in [4.69, 9.17) is 37.4 Å². The van der Waals surface area contributed by atoms with Crippen molar-refractivity contribution in [1.82, 2.24) is 10.1 Å². The van der Waals surface area contributed by atoms with E-state index in [1.54, 1.807) is 11.3 Å². The molecule has 6 atom stereocenters. The summed E-state index contributed by atoms with van der Waals surface area (Å²) in [4.78, 5) is 4.91. The van der Waals surface area contributed by atoms with Gasteiger partial charge in [0.05, 0.1) is 32.5 Å². The normalized spacial score (nSPS) is 36.3. The van der Waals surface area contributed by atoms with E-state index in [1.165, 1.54) is 0 Å². The lowest BCUT2D eigenvalue weighted by Gasteiger charge is -2.77. The molecule has 3 unspecified atom stereocenters. The first-order valence-corrected chi connectivity index (χ1v) is 15.2. The molecular weight excluding hydrogens is 539 g/mol. The highest BCUT2D eigenvalue weighted by atomic mass is 35.5. The van der Waals surface area contributed by atoms with Gasteiger partial charge in [-0.05, 0) is 68.7 Å². The monoisotopic (exact) mass is 564 g/mol. The van der Waals surface area contributed by atoms with Crippen LogP contribution < -0.4 is 0 Å². The molecule has 2 aromatic heterocycles. The molecule has 2 heterocycles. The van der Waals surface area contributed by atoms with Crippen LogP contribution in [0.2, 0.25) is 10.0 Å². The summed E-state index contributed by atoms with van der Waals surface area (Å²) in [6, 6.07) is 13.7. The van der Waals surface area contributed by atoms with Crippen molar-refractivity contribution in [1.29, 1.82) is 0 Å². The van der Waals surface area contributed by atoms with Crippen LogP contribution in [-0.4, -0.2) is 20.8 Å². The van der Waals surface area contributed by atoms with Gasteiger partial charge in [-0.1, -0.05) is 46.6 Å². The van der Waals surface area contributed by atoms with Gasteiger partial charge in [0.25, 0.3) is 0 Å². The van der Waals surface area contributed by atoms with Crippen LogP contribution in [-0.2, 0) is 16.9 Å². The Bertz CT molecular complexity index is 1590. The van der Waals surface area contributed by atoms with E-state index in [2.05, 4.69) is 11.2 Å². The smallest absolute Gasteiger partial charge is 0.145 e. The van der Waals surface area contributed by atoms with Crippen molar-refractivity contribution >= 4 is 44.8 Å². The average Bonchev–Trinajstić information content (AvgIpc) is 3.24. The van der Waals surface area contributed by atoms with Gasteiger partial charge in [-0.3, -0.25) is 0 Å². The molecular formula is C30H26Cl2N2O3S. The van der Waals surface area contributed by atoms with Gasteiger partial charge in [-0.15, -0.1) is 11.3 Å². The summed E-state index contributed by atoms with van der Waals surface area (Å²) in [5, 5.41) is 18.6. The zero-order valence-corrected chi connectivity index (χ0v) is 23.0. The van der Waals surface area contributed by atoms with Gasteiger partial charge in [0.1, 0.15) is 22.1 Å². The van der Waals surface area contributed by atoms with Crippen LogP contribution in [0.3, 0.4) is 0 Å². The Kier molecular flexibility index (Phi) is 4.45. The number of fused-ring (bicyclic) bond motifs is 2. The summed E-state index contributed by atoms with van der Waals surface area (Å²) in [6.45, 7) is 0.430. The number of hydrogen-bond acceptors (Lipinski definition) is 6. The second-order valence-corrected chi connectivity index (χ2v) is 14.0. The number of halogens is 2. The third-order valence-electron chi connectivity index (χ3n) is 10.6. The van der Waals surface area contributed by atoms with Crippen LogP contribution in [0.25, 0.3) is 21.5 Å². The first kappa shape index (κ1) is 22.8. The molecule has 5 aliphatic rings. The number of aromatic nitrogens is 2. The maximum absolute atomic E-state index is 12.2. The van der Waals surface area contributed by atoms with Crippen LogP contribution in [0, 0.1) is 23.2 Å². The molecule has 8 heteroatoms. The molecule has 9 rings (SSSR count). The standard InChI is InChI=1S/C30H26Cl2N2O3S/c31-18-4-3-5-19(32)24(18)25-17(26(37-34-25)16-8-9-16)14-36-28-11-15-10-22-29(28,12-15)23(13-28)30(22,35)27-33-20-6-1-2-7-21(20)38-27/h1-7,15-16,22-23,35H,8-14H2/t15?,22?,23-,28-,29?,30+/m1/s1. The number of thiazole rings is 1. The lowest BCUT2D eigenvalue weighted by Crippen LogP contribution is -2.81. The predicted molar refractivity (Wildman–Crippen MR) is 146 cm³/mol. The first-order chi connectivity index (χ1) is 18.4. The molecule has 0 aliphatic heterocycles. The van der Waals surface area contributed by atoms with Crippen molar-refractivity contribution in [3.63, 3.8) is 0 Å². The maximum atomic E-state index is 12.2. The van der Waals surface area contributed by atoms with Crippen molar-refractivity contribution < 1.29 is 14.4 Å². The Morgan fingerprint density at radius 1 is 1.03 bits per heavy atom. The van der Waals surface area contributed by atoms with Crippen LogP contribution in [0.15, 0.2) is 47.0 Å². The van der Waals surface area contributed by atoms with Crippen molar-refractivity contribution in [2.24, 2.45) is 23.2 Å². The summed E-state index contributed by atoms with van der Waals surface area (Å²) in [6.07, 6.45) is 6.37. The van der Waals surface area contributed by atoms with E-state index in [0.717, 1.165) is 65.1 Å². The molecule has 5 saturated carbocycles. The minimum Gasteiger partial charge on any atom is -0.382 e. The molecule has 1 N–H and O–H groups in total. The van der Waals surface area contributed by atoms with Gasteiger partial charge >= 0.3 is 0 Å². The van der Waals surface area contributed by atoms with Crippen LogP contribution in [0.5, 0.6) is 0 Å². The largest absolute Gasteiger partial charge is 0.382 e. The minimum absolute atomic E-state index is 0.0450. The van der Waals surface area contributed by atoms with Gasteiger partial charge in [0.15, 0.2) is 0 Å². The number of hydrogen-bond donors (Lipinski definition) is 1. The van der Waals surface area contributed by atoms with Crippen LogP contribution >= 0.6 is 34.5 Å². The molecule has 2 aromatic carbocycles. The van der Waals surface area contributed by atoms with Crippen LogP contribution in [0.1, 0.15) is 60.8 Å². The summed E-state index contributed by atoms with van der Waals surface area (Å²) < 4.78 is 14.0. The Labute approximate surface area is 234 Å². The summed E-state index contributed by atoms with van der Waals surface area (Å²) >= 11 is 14.8. The van der Waals surface area contributed by atoms with Gasteiger partial charge in [-0.2, -0.15) is 0 Å². The lowest BCUT2D eigenvalue weighted by molar-refractivity contribution is -0.397. The van der Waals surface area contributed by atoms with Crippen LogP contribution in [0.4, 0.5) is 0 Å². The van der Waals surface area contributed by atoms with E-state index in [9.17, 15) is 5.11 Å². The Hall–Kier alpha value is -1.96. The van der Waals surface area contributed by atoms with E-state index in [-0.39, 0.29) is 22.9 Å². The van der Waals surface area contributed by atoms with E-state index >= 15 is 0 Å². The number of aliphatic hydroxyl groups is 1. The number of nitrogens with zero attached hydrogens (tertiary/aromatic N) is 2. The van der Waals surface area contributed by atoms with Crippen molar-refractivity contribution in [3.05, 3.63) is 68.8 Å². The molecule has 5 aliphatic carbocycles. The van der Waals surface area contributed by atoms with Crippen molar-refractivity contribution in [2.45, 2.75) is 62.3 Å². The first-order valence-electron chi connectivity index (χ1n) is 13.6. The Morgan fingerprint density at radius 3 is 2.63 bits per heavy atom. The second-order valence-electron chi connectivity index (χ2n) is 12.2. The zero-order chi connectivity index (χ0) is 25.4. The summed E-state index contributed by atoms with van der Waals surface area (Å²) in [7, 11) is 0. The van der Waals surface area contributed by atoms with E-state index in [1.807, 2.05) is 36.4 Å². The molecule has 0 radical (unpaired) electrons. The molecule has 5 nitrogen and oxygen atoms in total. The molecule has 2 bridgehead atoms. The zero-order valence-electron chi connectivity index (χ0n) is 20.6. The SMILES string of the molecule is O[C@@]1(c2nc3ccccc3s2)C2CC3CC24[C@H]1C[C@]4(OCc1c(-c2c(Cl)cccc2Cl)noc1C1CC1)C3. The van der Waals surface area contributed by atoms with Gasteiger partial charge in [-0.25, -0.2) is 4.98 Å². The third-order valence-corrected chi connectivity index (χ3v) is 12.4. The molecule has 5 fully saturated rings.